The molecule has 1 aromatic carbocycles. The number of nitrogens with one attached hydrogen (secondary N) is 1. The fraction of sp³-hybridized carbons (Fsp3) is 0.625. The van der Waals surface area contributed by atoms with E-state index in [0.717, 1.165) is 24.9 Å². The average molecular weight is 265 g/mol. The lowest BCUT2D eigenvalue weighted by Crippen LogP contribution is -2.39. The molecule has 0 aromatic heterocycles. The summed E-state index contributed by atoms with van der Waals surface area (Å²) in [6, 6.07) is 6.82. The fourth-order valence-corrected chi connectivity index (χ4v) is 2.93. The minimum atomic E-state index is -0.199. The third kappa shape index (κ3) is 3.77. The van der Waals surface area contributed by atoms with E-state index in [9.17, 15) is 9.50 Å². The number of hydrogen-bond acceptors (Lipinski definition) is 2. The van der Waals surface area contributed by atoms with Crippen LogP contribution in [0.4, 0.5) is 4.39 Å². The molecule has 0 unspecified atom stereocenters. The Morgan fingerprint density at radius 1 is 1.21 bits per heavy atom. The largest absolute Gasteiger partial charge is 0.396 e. The summed E-state index contributed by atoms with van der Waals surface area (Å²) in [7, 11) is 0. The predicted octanol–water partition coefficient (Wildman–Crippen LogP) is 3.42. The lowest BCUT2D eigenvalue weighted by atomic mass is 9.74. The maximum Gasteiger partial charge on any atom is 0.123 e. The van der Waals surface area contributed by atoms with Crippen LogP contribution in [0.3, 0.4) is 0 Å². The molecule has 0 radical (unpaired) electrons. The maximum absolute atomic E-state index is 12.9. The van der Waals surface area contributed by atoms with Crippen LogP contribution in [0.2, 0.25) is 0 Å². The molecule has 0 aliphatic heterocycles. The smallest absolute Gasteiger partial charge is 0.123 e. The van der Waals surface area contributed by atoms with E-state index in [2.05, 4.69) is 12.2 Å². The number of halogens is 1. The summed E-state index contributed by atoms with van der Waals surface area (Å²) in [5.74, 6) is -0.199. The molecule has 1 aliphatic carbocycles. The van der Waals surface area contributed by atoms with Crippen LogP contribution in [0, 0.1) is 11.2 Å². The van der Waals surface area contributed by atoms with E-state index in [1.165, 1.54) is 31.4 Å². The van der Waals surface area contributed by atoms with Gasteiger partial charge in [0.05, 0.1) is 0 Å². The maximum atomic E-state index is 12.9. The lowest BCUT2D eigenvalue weighted by molar-refractivity contribution is 0.0789. The predicted molar refractivity (Wildman–Crippen MR) is 75.4 cm³/mol. The van der Waals surface area contributed by atoms with Crippen molar-refractivity contribution in [2.75, 3.05) is 13.2 Å². The first-order valence-electron chi connectivity index (χ1n) is 7.25. The quantitative estimate of drug-likeness (QED) is 0.855. The van der Waals surface area contributed by atoms with Gasteiger partial charge in [0.2, 0.25) is 0 Å². The third-order valence-electron chi connectivity index (χ3n) is 4.40. The molecule has 106 valence electrons. The first kappa shape index (κ1) is 14.5. The highest BCUT2D eigenvalue weighted by Crippen LogP contribution is 2.35. The van der Waals surface area contributed by atoms with Gasteiger partial charge in [-0.05, 0) is 37.5 Å². The van der Waals surface area contributed by atoms with Crippen molar-refractivity contribution in [3.8, 4) is 0 Å². The van der Waals surface area contributed by atoms with Crippen LogP contribution in [0.25, 0.3) is 0 Å². The van der Waals surface area contributed by atoms with Gasteiger partial charge in [-0.25, -0.2) is 4.39 Å². The molecule has 1 fully saturated rings. The second kappa shape index (κ2) is 6.49. The van der Waals surface area contributed by atoms with Crippen molar-refractivity contribution in [2.24, 2.45) is 5.41 Å². The molecule has 2 N–H and O–H groups in total. The van der Waals surface area contributed by atoms with E-state index >= 15 is 0 Å². The van der Waals surface area contributed by atoms with Gasteiger partial charge < -0.3 is 10.4 Å². The molecular weight excluding hydrogens is 241 g/mol. The van der Waals surface area contributed by atoms with Gasteiger partial charge in [0, 0.05) is 24.6 Å². The standard InChI is InChI=1S/C16H24FNO/c1-13(14-5-7-15(17)8-6-14)18-11-16(12-19)9-3-2-4-10-16/h5-8,13,18-19H,2-4,9-12H2,1H3/t13-/m0/s1. The highest BCUT2D eigenvalue weighted by molar-refractivity contribution is 5.19. The van der Waals surface area contributed by atoms with E-state index in [1.807, 2.05) is 12.1 Å². The first-order chi connectivity index (χ1) is 9.15. The van der Waals surface area contributed by atoms with E-state index in [4.69, 9.17) is 0 Å². The van der Waals surface area contributed by atoms with Crippen molar-refractivity contribution in [3.05, 3.63) is 35.6 Å². The first-order valence-corrected chi connectivity index (χ1v) is 7.25. The minimum Gasteiger partial charge on any atom is -0.396 e. The fourth-order valence-electron chi connectivity index (χ4n) is 2.93. The normalized spacial score (nSPS) is 20.2. The van der Waals surface area contributed by atoms with Gasteiger partial charge in [0.1, 0.15) is 5.82 Å². The number of aliphatic hydroxyl groups is 1. The molecule has 1 aromatic rings. The monoisotopic (exact) mass is 265 g/mol. The summed E-state index contributed by atoms with van der Waals surface area (Å²) in [4.78, 5) is 0. The number of hydrogen-bond donors (Lipinski definition) is 2. The van der Waals surface area contributed by atoms with Crippen molar-refractivity contribution in [3.63, 3.8) is 0 Å². The molecule has 2 rings (SSSR count). The Labute approximate surface area is 115 Å². The Morgan fingerprint density at radius 3 is 2.42 bits per heavy atom. The molecule has 1 aliphatic rings. The Kier molecular flexibility index (Phi) is 4.94. The molecule has 2 nitrogen and oxygen atoms in total. The van der Waals surface area contributed by atoms with E-state index in [-0.39, 0.29) is 23.9 Å². The van der Waals surface area contributed by atoms with Crippen molar-refractivity contribution in [1.29, 1.82) is 0 Å². The Bertz CT molecular complexity index is 384. The topological polar surface area (TPSA) is 32.3 Å². The zero-order chi connectivity index (χ0) is 13.7. The molecule has 0 saturated heterocycles. The highest BCUT2D eigenvalue weighted by Gasteiger charge is 2.31. The van der Waals surface area contributed by atoms with Gasteiger partial charge in [-0.3, -0.25) is 0 Å². The van der Waals surface area contributed by atoms with Crippen LogP contribution in [-0.2, 0) is 0 Å². The van der Waals surface area contributed by atoms with E-state index < -0.39 is 0 Å². The molecule has 3 heteroatoms. The lowest BCUT2D eigenvalue weighted by Gasteiger charge is -2.36. The van der Waals surface area contributed by atoms with Gasteiger partial charge in [-0.1, -0.05) is 31.4 Å². The van der Waals surface area contributed by atoms with Crippen molar-refractivity contribution < 1.29 is 9.50 Å². The molecule has 1 saturated carbocycles. The molecule has 0 bridgehead atoms. The average Bonchev–Trinajstić information content (AvgIpc) is 2.46. The minimum absolute atomic E-state index is 0.0482. The van der Waals surface area contributed by atoms with Crippen LogP contribution in [0.1, 0.15) is 50.6 Å². The van der Waals surface area contributed by atoms with Gasteiger partial charge in [-0.2, -0.15) is 0 Å². The van der Waals surface area contributed by atoms with Crippen LogP contribution in [0.15, 0.2) is 24.3 Å². The molecule has 0 heterocycles. The van der Waals surface area contributed by atoms with Crippen LogP contribution >= 0.6 is 0 Å². The number of benzene rings is 1. The van der Waals surface area contributed by atoms with Gasteiger partial charge in [0.15, 0.2) is 0 Å². The van der Waals surface area contributed by atoms with Gasteiger partial charge in [0.25, 0.3) is 0 Å². The Hall–Kier alpha value is -0.930. The molecule has 0 amide bonds. The van der Waals surface area contributed by atoms with E-state index in [1.54, 1.807) is 0 Å². The summed E-state index contributed by atoms with van der Waals surface area (Å²) >= 11 is 0. The molecule has 1 atom stereocenters. The van der Waals surface area contributed by atoms with E-state index in [0.29, 0.717) is 0 Å². The number of rotatable bonds is 5. The highest BCUT2D eigenvalue weighted by atomic mass is 19.1. The molecule has 0 spiro atoms. The van der Waals surface area contributed by atoms with Crippen molar-refractivity contribution in [1.82, 2.24) is 5.32 Å². The Balaban J connectivity index is 1.91. The molecule has 19 heavy (non-hydrogen) atoms. The molecular formula is C16H24FNO. The summed E-state index contributed by atoms with van der Waals surface area (Å²) in [6.45, 7) is 3.18. The van der Waals surface area contributed by atoms with Crippen molar-refractivity contribution in [2.45, 2.75) is 45.1 Å². The van der Waals surface area contributed by atoms with Gasteiger partial charge in [-0.15, -0.1) is 0 Å². The second-order valence-electron chi connectivity index (χ2n) is 5.87. The SMILES string of the molecule is C[C@H](NCC1(CO)CCCCC1)c1ccc(F)cc1. The summed E-state index contributed by atoms with van der Waals surface area (Å²) < 4.78 is 12.9. The zero-order valence-corrected chi connectivity index (χ0v) is 11.7. The summed E-state index contributed by atoms with van der Waals surface area (Å²) in [5, 5.41) is 13.2. The van der Waals surface area contributed by atoms with Gasteiger partial charge >= 0.3 is 0 Å². The Morgan fingerprint density at radius 2 is 1.84 bits per heavy atom. The van der Waals surface area contributed by atoms with Crippen LogP contribution < -0.4 is 5.32 Å². The second-order valence-corrected chi connectivity index (χ2v) is 5.87. The van der Waals surface area contributed by atoms with Crippen LogP contribution in [0.5, 0.6) is 0 Å². The summed E-state index contributed by atoms with van der Waals surface area (Å²) in [6.07, 6.45) is 5.93. The van der Waals surface area contributed by atoms with Crippen LogP contribution in [-0.4, -0.2) is 18.3 Å². The van der Waals surface area contributed by atoms with Crippen molar-refractivity contribution >= 4 is 0 Å². The summed E-state index contributed by atoms with van der Waals surface area (Å²) in [5.41, 5.74) is 1.14. The third-order valence-corrected chi connectivity index (χ3v) is 4.40. The number of aliphatic hydroxyl groups excluding tert-OH is 1. The zero-order valence-electron chi connectivity index (χ0n) is 11.7.